The summed E-state index contributed by atoms with van der Waals surface area (Å²) in [6, 6.07) is 10.6. The quantitative estimate of drug-likeness (QED) is 0.807. The van der Waals surface area contributed by atoms with E-state index in [1.54, 1.807) is 30.3 Å². The van der Waals surface area contributed by atoms with E-state index in [4.69, 9.17) is 4.42 Å². The summed E-state index contributed by atoms with van der Waals surface area (Å²) in [5.41, 5.74) is 1.43. The van der Waals surface area contributed by atoms with Gasteiger partial charge in [-0.25, -0.2) is 0 Å². The summed E-state index contributed by atoms with van der Waals surface area (Å²) in [6.45, 7) is 4.30. The van der Waals surface area contributed by atoms with Crippen LogP contribution in [0.5, 0.6) is 0 Å². The van der Waals surface area contributed by atoms with Gasteiger partial charge in [-0.3, -0.25) is 9.59 Å². The Morgan fingerprint density at radius 3 is 2.65 bits per heavy atom. The molecule has 2 aromatic rings. The van der Waals surface area contributed by atoms with E-state index in [1.807, 2.05) is 19.9 Å². The van der Waals surface area contributed by atoms with Gasteiger partial charge in [0.2, 0.25) is 0 Å². The van der Waals surface area contributed by atoms with E-state index >= 15 is 0 Å². The highest BCUT2D eigenvalue weighted by atomic mass is 79.9. The van der Waals surface area contributed by atoms with Crippen molar-refractivity contribution in [2.75, 3.05) is 0 Å². The first-order valence-electron chi connectivity index (χ1n) is 7.43. The van der Waals surface area contributed by atoms with Gasteiger partial charge in [0, 0.05) is 18.2 Å². The molecule has 0 aliphatic carbocycles. The van der Waals surface area contributed by atoms with Crippen LogP contribution in [0.25, 0.3) is 0 Å². The number of carbonyl (C=O) groups excluding carboxylic acids is 2. The number of hydrogen-bond acceptors (Lipinski definition) is 3. The van der Waals surface area contributed by atoms with Gasteiger partial charge in [0.1, 0.15) is 0 Å². The average molecular weight is 379 g/mol. The van der Waals surface area contributed by atoms with Crippen LogP contribution in [-0.4, -0.2) is 17.9 Å². The van der Waals surface area contributed by atoms with E-state index in [-0.39, 0.29) is 23.6 Å². The molecule has 0 bridgehead atoms. The number of hydrogen-bond donors (Lipinski definition) is 2. The van der Waals surface area contributed by atoms with Crippen molar-refractivity contribution in [1.29, 1.82) is 0 Å². The third-order valence-electron chi connectivity index (χ3n) is 3.43. The minimum absolute atomic E-state index is 0.109. The number of carbonyl (C=O) groups is 2. The van der Waals surface area contributed by atoms with Crippen molar-refractivity contribution in [3.8, 4) is 0 Å². The monoisotopic (exact) mass is 378 g/mol. The Balaban J connectivity index is 1.97. The Bertz CT molecular complexity index is 697. The predicted molar refractivity (Wildman–Crippen MR) is 91.2 cm³/mol. The number of halogens is 1. The molecule has 6 heteroatoms. The molecular formula is C17H19BrN2O3. The molecule has 1 aromatic carbocycles. The summed E-state index contributed by atoms with van der Waals surface area (Å²) >= 11 is 3.16. The second-order valence-electron chi connectivity index (χ2n) is 5.27. The van der Waals surface area contributed by atoms with Crippen molar-refractivity contribution in [2.24, 2.45) is 0 Å². The SMILES string of the molecule is CC[C@H](C)NC(=O)c1cccc(CNC(=O)c2ccc(Br)o2)c1. The Morgan fingerprint density at radius 1 is 1.22 bits per heavy atom. The van der Waals surface area contributed by atoms with Crippen molar-refractivity contribution >= 4 is 27.7 Å². The molecule has 1 atom stereocenters. The van der Waals surface area contributed by atoms with E-state index in [0.29, 0.717) is 16.8 Å². The van der Waals surface area contributed by atoms with Crippen LogP contribution in [0, 0.1) is 0 Å². The van der Waals surface area contributed by atoms with Gasteiger partial charge >= 0.3 is 0 Å². The fourth-order valence-electron chi connectivity index (χ4n) is 1.94. The molecule has 0 aliphatic rings. The smallest absolute Gasteiger partial charge is 0.287 e. The molecule has 2 N–H and O–H groups in total. The van der Waals surface area contributed by atoms with Crippen LogP contribution < -0.4 is 10.6 Å². The van der Waals surface area contributed by atoms with E-state index in [2.05, 4.69) is 26.6 Å². The van der Waals surface area contributed by atoms with Crippen LogP contribution in [-0.2, 0) is 6.54 Å². The van der Waals surface area contributed by atoms with Gasteiger partial charge in [-0.2, -0.15) is 0 Å². The summed E-state index contributed by atoms with van der Waals surface area (Å²) in [5, 5.41) is 5.68. The molecule has 122 valence electrons. The first kappa shape index (κ1) is 17.3. The van der Waals surface area contributed by atoms with E-state index in [1.165, 1.54) is 0 Å². The largest absolute Gasteiger partial charge is 0.444 e. The molecule has 5 nitrogen and oxygen atoms in total. The molecule has 0 saturated heterocycles. The molecule has 23 heavy (non-hydrogen) atoms. The second kappa shape index (κ2) is 7.97. The van der Waals surface area contributed by atoms with Crippen LogP contribution in [0.2, 0.25) is 0 Å². The zero-order valence-corrected chi connectivity index (χ0v) is 14.6. The van der Waals surface area contributed by atoms with Crippen LogP contribution in [0.1, 0.15) is 46.7 Å². The summed E-state index contributed by atoms with van der Waals surface area (Å²) < 4.78 is 5.70. The standard InChI is InChI=1S/C17H19BrN2O3/c1-3-11(2)20-16(21)13-6-4-5-12(9-13)10-19-17(22)14-7-8-15(18)23-14/h4-9,11H,3,10H2,1-2H3,(H,19,22)(H,20,21)/t11-/m0/s1. The maximum atomic E-state index is 12.1. The highest BCUT2D eigenvalue weighted by Gasteiger charge is 2.11. The summed E-state index contributed by atoms with van der Waals surface area (Å²) in [4.78, 5) is 24.0. The number of rotatable bonds is 6. The third kappa shape index (κ3) is 4.96. The molecule has 0 fully saturated rings. The van der Waals surface area contributed by atoms with Gasteiger partial charge in [-0.1, -0.05) is 19.1 Å². The van der Waals surface area contributed by atoms with E-state index in [9.17, 15) is 9.59 Å². The Labute approximate surface area is 143 Å². The van der Waals surface area contributed by atoms with Gasteiger partial charge in [-0.15, -0.1) is 0 Å². The first-order valence-corrected chi connectivity index (χ1v) is 8.22. The maximum Gasteiger partial charge on any atom is 0.287 e. The molecule has 0 radical (unpaired) electrons. The van der Waals surface area contributed by atoms with Crippen LogP contribution in [0.3, 0.4) is 0 Å². The Kier molecular flexibility index (Phi) is 5.98. The van der Waals surface area contributed by atoms with Gasteiger partial charge in [0.15, 0.2) is 10.4 Å². The third-order valence-corrected chi connectivity index (χ3v) is 3.86. The van der Waals surface area contributed by atoms with Gasteiger partial charge < -0.3 is 15.1 Å². The highest BCUT2D eigenvalue weighted by molar-refractivity contribution is 9.10. The van der Waals surface area contributed by atoms with Crippen molar-refractivity contribution in [1.82, 2.24) is 10.6 Å². The summed E-state index contributed by atoms with van der Waals surface area (Å²) in [6.07, 6.45) is 0.875. The number of furan rings is 1. The molecule has 0 unspecified atom stereocenters. The molecule has 0 saturated carbocycles. The molecule has 0 spiro atoms. The highest BCUT2D eigenvalue weighted by Crippen LogP contribution is 2.14. The molecule has 2 rings (SSSR count). The Morgan fingerprint density at radius 2 is 2.00 bits per heavy atom. The van der Waals surface area contributed by atoms with E-state index in [0.717, 1.165) is 12.0 Å². The lowest BCUT2D eigenvalue weighted by Crippen LogP contribution is -2.32. The Hall–Kier alpha value is -2.08. The fourth-order valence-corrected chi connectivity index (χ4v) is 2.24. The fraction of sp³-hybridized carbons (Fsp3) is 0.294. The molecule has 0 aliphatic heterocycles. The molecule has 1 aromatic heterocycles. The number of amides is 2. The topological polar surface area (TPSA) is 71.3 Å². The van der Waals surface area contributed by atoms with Gasteiger partial charge in [0.05, 0.1) is 0 Å². The zero-order valence-electron chi connectivity index (χ0n) is 13.1. The van der Waals surface area contributed by atoms with Crippen LogP contribution in [0.15, 0.2) is 45.5 Å². The number of nitrogens with one attached hydrogen (secondary N) is 2. The predicted octanol–water partition coefficient (Wildman–Crippen LogP) is 3.50. The van der Waals surface area contributed by atoms with Crippen molar-refractivity contribution in [3.05, 3.63) is 58.0 Å². The zero-order chi connectivity index (χ0) is 16.8. The first-order chi connectivity index (χ1) is 11.0. The minimum atomic E-state index is -0.301. The summed E-state index contributed by atoms with van der Waals surface area (Å²) in [5.74, 6) is -0.171. The lowest BCUT2D eigenvalue weighted by Gasteiger charge is -2.12. The lowest BCUT2D eigenvalue weighted by atomic mass is 10.1. The molecular weight excluding hydrogens is 360 g/mol. The number of benzene rings is 1. The van der Waals surface area contributed by atoms with E-state index < -0.39 is 0 Å². The van der Waals surface area contributed by atoms with Gasteiger partial charge in [-0.05, 0) is 59.1 Å². The van der Waals surface area contributed by atoms with Crippen molar-refractivity contribution in [3.63, 3.8) is 0 Å². The van der Waals surface area contributed by atoms with Crippen LogP contribution >= 0.6 is 15.9 Å². The van der Waals surface area contributed by atoms with Crippen molar-refractivity contribution in [2.45, 2.75) is 32.9 Å². The average Bonchev–Trinajstić information content (AvgIpc) is 2.99. The molecule has 1 heterocycles. The lowest BCUT2D eigenvalue weighted by molar-refractivity contribution is 0.0920. The maximum absolute atomic E-state index is 12.1. The normalized spacial score (nSPS) is 11.8. The molecule has 2 amide bonds. The van der Waals surface area contributed by atoms with Crippen molar-refractivity contribution < 1.29 is 14.0 Å². The second-order valence-corrected chi connectivity index (χ2v) is 6.05. The van der Waals surface area contributed by atoms with Gasteiger partial charge in [0.25, 0.3) is 11.8 Å². The minimum Gasteiger partial charge on any atom is -0.444 e. The summed E-state index contributed by atoms with van der Waals surface area (Å²) in [7, 11) is 0. The van der Waals surface area contributed by atoms with Crippen LogP contribution in [0.4, 0.5) is 0 Å².